The summed E-state index contributed by atoms with van der Waals surface area (Å²) in [4.78, 5) is 0. The molecule has 4 nitrogen and oxygen atoms in total. The van der Waals surface area contributed by atoms with Crippen LogP contribution in [0.25, 0.3) is 0 Å². The third-order valence-corrected chi connectivity index (χ3v) is 6.01. The van der Waals surface area contributed by atoms with Crippen LogP contribution in [0.15, 0.2) is 18.2 Å². The lowest BCUT2D eigenvalue weighted by atomic mass is 9.99. The molecule has 0 radical (unpaired) electrons. The van der Waals surface area contributed by atoms with Gasteiger partial charge in [0.2, 0.25) is 10.0 Å². The zero-order valence-corrected chi connectivity index (χ0v) is 13.6. The van der Waals surface area contributed by atoms with E-state index >= 15 is 0 Å². The quantitative estimate of drug-likeness (QED) is 0.802. The largest absolute Gasteiger partial charge is 0.381 e. The standard InChI is InChI=1S/C15H21F2NO3S/c1-11(21-2)10-22(19,20)18-6-5-13(9-18)7-12-3-4-14(16)15(17)8-12/h3-4,8,11,13H,5-7,9-10H2,1-2H3. The third-order valence-electron chi connectivity index (χ3n) is 4.00. The lowest BCUT2D eigenvalue weighted by Gasteiger charge is -2.19. The summed E-state index contributed by atoms with van der Waals surface area (Å²) in [7, 11) is -1.85. The van der Waals surface area contributed by atoms with Crippen LogP contribution in [0.3, 0.4) is 0 Å². The van der Waals surface area contributed by atoms with Crippen LogP contribution >= 0.6 is 0 Å². The normalized spacial score (nSPS) is 21.2. The van der Waals surface area contributed by atoms with Crippen molar-refractivity contribution in [2.45, 2.75) is 25.9 Å². The maximum atomic E-state index is 13.2. The molecule has 7 heteroatoms. The Hall–Kier alpha value is -1.05. The van der Waals surface area contributed by atoms with Crippen molar-refractivity contribution in [3.63, 3.8) is 0 Å². The van der Waals surface area contributed by atoms with Crippen LogP contribution in [0, 0.1) is 17.6 Å². The molecule has 0 amide bonds. The molecule has 1 aliphatic heterocycles. The van der Waals surface area contributed by atoms with Gasteiger partial charge in [-0.3, -0.25) is 0 Å². The molecule has 0 saturated carbocycles. The summed E-state index contributed by atoms with van der Waals surface area (Å²) < 4.78 is 57.1. The topological polar surface area (TPSA) is 46.6 Å². The second-order valence-electron chi connectivity index (χ2n) is 5.79. The Balaban J connectivity index is 1.96. The van der Waals surface area contributed by atoms with Crippen LogP contribution in [0.1, 0.15) is 18.9 Å². The highest BCUT2D eigenvalue weighted by Gasteiger charge is 2.32. The van der Waals surface area contributed by atoms with Crippen LogP contribution in [-0.2, 0) is 21.2 Å². The van der Waals surface area contributed by atoms with Crippen molar-refractivity contribution in [3.05, 3.63) is 35.4 Å². The molecule has 0 bridgehead atoms. The lowest BCUT2D eigenvalue weighted by Crippen LogP contribution is -2.35. The number of hydrogen-bond donors (Lipinski definition) is 0. The van der Waals surface area contributed by atoms with E-state index in [2.05, 4.69) is 0 Å². The first-order valence-corrected chi connectivity index (χ1v) is 8.87. The van der Waals surface area contributed by atoms with Crippen molar-refractivity contribution < 1.29 is 21.9 Å². The minimum atomic E-state index is -3.34. The lowest BCUT2D eigenvalue weighted by molar-refractivity contribution is 0.135. The van der Waals surface area contributed by atoms with E-state index in [0.29, 0.717) is 25.1 Å². The van der Waals surface area contributed by atoms with E-state index in [0.717, 1.165) is 12.5 Å². The van der Waals surface area contributed by atoms with Crippen molar-refractivity contribution in [1.82, 2.24) is 4.31 Å². The summed E-state index contributed by atoms with van der Waals surface area (Å²) in [6.07, 6.45) is 0.915. The number of rotatable bonds is 6. The molecule has 0 aliphatic carbocycles. The molecule has 22 heavy (non-hydrogen) atoms. The minimum absolute atomic E-state index is 0.0403. The fourth-order valence-corrected chi connectivity index (χ4v) is 4.45. The highest BCUT2D eigenvalue weighted by molar-refractivity contribution is 7.89. The maximum Gasteiger partial charge on any atom is 0.216 e. The van der Waals surface area contributed by atoms with Gasteiger partial charge >= 0.3 is 0 Å². The molecular weight excluding hydrogens is 312 g/mol. The average Bonchev–Trinajstić information content (AvgIpc) is 2.92. The van der Waals surface area contributed by atoms with Crippen molar-refractivity contribution in [2.75, 3.05) is 26.0 Å². The molecule has 124 valence electrons. The van der Waals surface area contributed by atoms with Gasteiger partial charge in [-0.1, -0.05) is 6.07 Å². The summed E-state index contributed by atoms with van der Waals surface area (Å²) in [5.74, 6) is -1.65. The second kappa shape index (κ2) is 7.02. The van der Waals surface area contributed by atoms with Crippen LogP contribution < -0.4 is 0 Å². The van der Waals surface area contributed by atoms with Gasteiger partial charge < -0.3 is 4.74 Å². The van der Waals surface area contributed by atoms with Crippen LogP contribution in [0.4, 0.5) is 8.78 Å². The Morgan fingerprint density at radius 1 is 1.36 bits per heavy atom. The fourth-order valence-electron chi connectivity index (χ4n) is 2.69. The highest BCUT2D eigenvalue weighted by Crippen LogP contribution is 2.24. The van der Waals surface area contributed by atoms with E-state index in [4.69, 9.17) is 4.74 Å². The summed E-state index contributed by atoms with van der Waals surface area (Å²) in [5, 5.41) is 0. The summed E-state index contributed by atoms with van der Waals surface area (Å²) in [6, 6.07) is 3.83. The Morgan fingerprint density at radius 2 is 2.09 bits per heavy atom. The van der Waals surface area contributed by atoms with Crippen molar-refractivity contribution in [1.29, 1.82) is 0 Å². The zero-order valence-electron chi connectivity index (χ0n) is 12.8. The smallest absolute Gasteiger partial charge is 0.216 e. The van der Waals surface area contributed by atoms with Gasteiger partial charge in [0.25, 0.3) is 0 Å². The van der Waals surface area contributed by atoms with Crippen molar-refractivity contribution >= 4 is 10.0 Å². The van der Waals surface area contributed by atoms with Gasteiger partial charge in [0.15, 0.2) is 11.6 Å². The Morgan fingerprint density at radius 3 is 2.73 bits per heavy atom. The van der Waals surface area contributed by atoms with Gasteiger partial charge in [0, 0.05) is 20.2 Å². The number of nitrogens with zero attached hydrogens (tertiary/aromatic N) is 1. The number of halogens is 2. The Bertz CT molecular complexity index is 621. The van der Waals surface area contributed by atoms with E-state index in [1.165, 1.54) is 17.5 Å². The number of benzene rings is 1. The maximum absolute atomic E-state index is 13.2. The second-order valence-corrected chi connectivity index (χ2v) is 7.80. The molecule has 1 saturated heterocycles. The van der Waals surface area contributed by atoms with Gasteiger partial charge in [-0.05, 0) is 43.4 Å². The monoisotopic (exact) mass is 333 g/mol. The first-order chi connectivity index (χ1) is 10.3. The van der Waals surface area contributed by atoms with E-state index in [1.807, 2.05) is 0 Å². The average molecular weight is 333 g/mol. The van der Waals surface area contributed by atoms with Gasteiger partial charge in [-0.25, -0.2) is 21.5 Å². The van der Waals surface area contributed by atoms with Gasteiger partial charge in [-0.2, -0.15) is 0 Å². The number of ether oxygens (including phenoxy) is 1. The molecule has 0 spiro atoms. The zero-order chi connectivity index (χ0) is 16.3. The van der Waals surface area contributed by atoms with E-state index < -0.39 is 21.7 Å². The highest BCUT2D eigenvalue weighted by atomic mass is 32.2. The van der Waals surface area contributed by atoms with Gasteiger partial charge in [0.05, 0.1) is 11.9 Å². The van der Waals surface area contributed by atoms with Crippen LogP contribution in [-0.4, -0.2) is 44.8 Å². The molecule has 2 rings (SSSR count). The predicted octanol–water partition coefficient (Wildman–Crippen LogP) is 2.19. The number of hydrogen-bond acceptors (Lipinski definition) is 3. The first-order valence-electron chi connectivity index (χ1n) is 7.26. The van der Waals surface area contributed by atoms with E-state index in [9.17, 15) is 17.2 Å². The molecule has 1 heterocycles. The van der Waals surface area contributed by atoms with Crippen molar-refractivity contribution in [2.24, 2.45) is 5.92 Å². The molecule has 1 aromatic carbocycles. The molecule has 0 N–H and O–H groups in total. The number of methoxy groups -OCH3 is 1. The summed E-state index contributed by atoms with van der Waals surface area (Å²) in [6.45, 7) is 2.59. The summed E-state index contributed by atoms with van der Waals surface area (Å²) in [5.41, 5.74) is 0.688. The molecule has 2 unspecified atom stereocenters. The Labute approximate surface area is 130 Å². The first kappa shape index (κ1) is 17.3. The summed E-state index contributed by atoms with van der Waals surface area (Å²) >= 11 is 0. The molecular formula is C15H21F2NO3S. The van der Waals surface area contributed by atoms with Gasteiger partial charge in [0.1, 0.15) is 0 Å². The van der Waals surface area contributed by atoms with Crippen LogP contribution in [0.2, 0.25) is 0 Å². The molecule has 0 aromatic heterocycles. The van der Waals surface area contributed by atoms with Gasteiger partial charge in [-0.15, -0.1) is 0 Å². The fraction of sp³-hybridized carbons (Fsp3) is 0.600. The molecule has 1 aliphatic rings. The SMILES string of the molecule is COC(C)CS(=O)(=O)N1CCC(Cc2ccc(F)c(F)c2)C1. The molecule has 1 fully saturated rings. The molecule has 1 aromatic rings. The Kier molecular flexibility index (Phi) is 5.52. The van der Waals surface area contributed by atoms with E-state index in [1.54, 1.807) is 13.0 Å². The predicted molar refractivity (Wildman–Crippen MR) is 80.0 cm³/mol. The third kappa shape index (κ3) is 4.24. The van der Waals surface area contributed by atoms with Crippen molar-refractivity contribution in [3.8, 4) is 0 Å². The molecule has 2 atom stereocenters. The van der Waals surface area contributed by atoms with Crippen LogP contribution in [0.5, 0.6) is 0 Å². The minimum Gasteiger partial charge on any atom is -0.381 e. The van der Waals surface area contributed by atoms with E-state index in [-0.39, 0.29) is 17.8 Å². The number of sulfonamides is 1.